The maximum absolute atomic E-state index is 13.4. The van der Waals surface area contributed by atoms with Crippen LogP contribution < -0.4 is 0 Å². The molecule has 1 atom stereocenters. The van der Waals surface area contributed by atoms with E-state index in [2.05, 4.69) is 0 Å². The van der Waals surface area contributed by atoms with Crippen molar-refractivity contribution in [3.8, 4) is 0 Å². The summed E-state index contributed by atoms with van der Waals surface area (Å²) in [6, 6.07) is 12.9. The molecule has 2 aromatic carbocycles. The normalized spacial score (nSPS) is 12.4. The molecule has 0 spiro atoms. The number of thioether (sulfide) groups is 1. The van der Waals surface area contributed by atoms with Crippen LogP contribution in [0.4, 0.5) is 4.39 Å². The fraction of sp³-hybridized carbons (Fsp3) is 0.250. The molecule has 3 heteroatoms. The molecule has 19 heavy (non-hydrogen) atoms. The van der Waals surface area contributed by atoms with Gasteiger partial charge in [0.1, 0.15) is 5.82 Å². The minimum atomic E-state index is -0.653. The van der Waals surface area contributed by atoms with Crippen molar-refractivity contribution in [2.45, 2.75) is 24.8 Å². The van der Waals surface area contributed by atoms with E-state index in [1.165, 1.54) is 11.6 Å². The minimum absolute atomic E-state index is 0.266. The fourth-order valence-corrected chi connectivity index (χ4v) is 2.80. The van der Waals surface area contributed by atoms with Gasteiger partial charge >= 0.3 is 0 Å². The molecule has 0 heterocycles. The Morgan fingerprint density at radius 1 is 1.11 bits per heavy atom. The zero-order valence-corrected chi connectivity index (χ0v) is 11.9. The van der Waals surface area contributed by atoms with Crippen molar-refractivity contribution in [2.24, 2.45) is 0 Å². The molecule has 0 aromatic heterocycles. The Morgan fingerprint density at radius 3 is 2.53 bits per heavy atom. The number of rotatable bonds is 4. The van der Waals surface area contributed by atoms with Gasteiger partial charge in [-0.15, -0.1) is 11.8 Å². The highest BCUT2D eigenvalue weighted by Crippen LogP contribution is 2.27. The van der Waals surface area contributed by atoms with Gasteiger partial charge in [-0.05, 0) is 42.7 Å². The van der Waals surface area contributed by atoms with Gasteiger partial charge in [0.15, 0.2) is 0 Å². The van der Waals surface area contributed by atoms with E-state index >= 15 is 0 Å². The Bertz CT molecular complexity index is 568. The summed E-state index contributed by atoms with van der Waals surface area (Å²) in [6.07, 6.45) is -0.653. The Balaban J connectivity index is 2.03. The van der Waals surface area contributed by atoms with Crippen LogP contribution in [0.2, 0.25) is 0 Å². The molecule has 100 valence electrons. The number of aliphatic hydroxyl groups excluding tert-OH is 1. The monoisotopic (exact) mass is 276 g/mol. The predicted molar refractivity (Wildman–Crippen MR) is 78.0 cm³/mol. The summed E-state index contributed by atoms with van der Waals surface area (Å²) >= 11 is 1.59. The molecule has 1 unspecified atom stereocenters. The first-order valence-electron chi connectivity index (χ1n) is 6.20. The smallest absolute Gasteiger partial charge is 0.126 e. The van der Waals surface area contributed by atoms with Crippen molar-refractivity contribution in [3.63, 3.8) is 0 Å². The highest BCUT2D eigenvalue weighted by atomic mass is 32.2. The summed E-state index contributed by atoms with van der Waals surface area (Å²) in [7, 11) is 0. The van der Waals surface area contributed by atoms with Crippen molar-refractivity contribution >= 4 is 11.8 Å². The SMILES string of the molecule is Cc1ccc(C(O)CSc2ccccc2C)cc1F. The molecule has 0 aliphatic carbocycles. The third-order valence-corrected chi connectivity index (χ3v) is 4.32. The first-order chi connectivity index (χ1) is 9.08. The zero-order valence-electron chi connectivity index (χ0n) is 11.1. The summed E-state index contributed by atoms with van der Waals surface area (Å²) in [5.74, 6) is 0.255. The summed E-state index contributed by atoms with van der Waals surface area (Å²) in [6.45, 7) is 3.76. The molecule has 0 saturated carbocycles. The van der Waals surface area contributed by atoms with Crippen LogP contribution in [0.15, 0.2) is 47.4 Å². The molecular formula is C16H17FOS. The van der Waals surface area contributed by atoms with Crippen LogP contribution in [0.5, 0.6) is 0 Å². The number of hydrogen-bond acceptors (Lipinski definition) is 2. The zero-order chi connectivity index (χ0) is 13.8. The molecule has 0 saturated heterocycles. The average molecular weight is 276 g/mol. The molecule has 2 aromatic rings. The number of benzene rings is 2. The lowest BCUT2D eigenvalue weighted by Crippen LogP contribution is -2.02. The molecule has 0 radical (unpaired) electrons. The summed E-state index contributed by atoms with van der Waals surface area (Å²) in [5.41, 5.74) is 2.42. The number of halogens is 1. The lowest BCUT2D eigenvalue weighted by Gasteiger charge is -2.12. The Labute approximate surface area is 117 Å². The lowest BCUT2D eigenvalue weighted by atomic mass is 10.1. The number of aliphatic hydroxyl groups is 1. The predicted octanol–water partition coefficient (Wildman–Crippen LogP) is 4.27. The van der Waals surface area contributed by atoms with Gasteiger partial charge in [0.05, 0.1) is 6.10 Å². The quantitative estimate of drug-likeness (QED) is 0.842. The third-order valence-electron chi connectivity index (χ3n) is 3.07. The fourth-order valence-electron chi connectivity index (χ4n) is 1.80. The molecule has 0 amide bonds. The molecule has 2 rings (SSSR count). The standard InChI is InChI=1S/C16H17FOS/c1-11-7-8-13(9-14(11)17)15(18)10-19-16-6-4-3-5-12(16)2/h3-9,15,18H,10H2,1-2H3. The van der Waals surface area contributed by atoms with Crippen LogP contribution in [-0.4, -0.2) is 10.9 Å². The maximum atomic E-state index is 13.4. The van der Waals surface area contributed by atoms with Crippen molar-refractivity contribution in [2.75, 3.05) is 5.75 Å². The lowest BCUT2D eigenvalue weighted by molar-refractivity contribution is 0.203. The van der Waals surface area contributed by atoms with E-state index in [0.29, 0.717) is 16.9 Å². The van der Waals surface area contributed by atoms with Gasteiger partial charge in [0.25, 0.3) is 0 Å². The first kappa shape index (κ1) is 14.1. The molecule has 0 bridgehead atoms. The second-order valence-electron chi connectivity index (χ2n) is 4.60. The molecule has 1 nitrogen and oxygen atoms in total. The summed E-state index contributed by atoms with van der Waals surface area (Å²) < 4.78 is 13.4. The van der Waals surface area contributed by atoms with Crippen LogP contribution in [-0.2, 0) is 0 Å². The molecule has 1 N–H and O–H groups in total. The van der Waals surface area contributed by atoms with Crippen LogP contribution in [0.3, 0.4) is 0 Å². The average Bonchev–Trinajstić information content (AvgIpc) is 2.40. The second kappa shape index (κ2) is 6.22. The number of hydrogen-bond donors (Lipinski definition) is 1. The highest BCUT2D eigenvalue weighted by molar-refractivity contribution is 7.99. The van der Waals surface area contributed by atoms with Crippen LogP contribution in [0, 0.1) is 19.7 Å². The minimum Gasteiger partial charge on any atom is -0.388 e. The van der Waals surface area contributed by atoms with Crippen LogP contribution in [0.1, 0.15) is 22.8 Å². The van der Waals surface area contributed by atoms with Crippen LogP contribution in [0.25, 0.3) is 0 Å². The van der Waals surface area contributed by atoms with E-state index in [-0.39, 0.29) is 5.82 Å². The Kier molecular flexibility index (Phi) is 4.61. The summed E-state index contributed by atoms with van der Waals surface area (Å²) in [4.78, 5) is 1.15. The summed E-state index contributed by atoms with van der Waals surface area (Å²) in [5, 5.41) is 10.1. The van der Waals surface area contributed by atoms with Gasteiger partial charge < -0.3 is 5.11 Å². The molecular weight excluding hydrogens is 259 g/mol. The molecule has 0 aliphatic heterocycles. The van der Waals surface area contributed by atoms with Gasteiger partial charge in [-0.2, -0.15) is 0 Å². The largest absolute Gasteiger partial charge is 0.388 e. The molecule has 0 fully saturated rings. The van der Waals surface area contributed by atoms with E-state index < -0.39 is 6.10 Å². The molecule has 0 aliphatic rings. The van der Waals surface area contributed by atoms with E-state index in [0.717, 1.165) is 4.90 Å². The van der Waals surface area contributed by atoms with Gasteiger partial charge in [0.2, 0.25) is 0 Å². The van der Waals surface area contributed by atoms with Crippen molar-refractivity contribution in [1.29, 1.82) is 0 Å². The topological polar surface area (TPSA) is 20.2 Å². The van der Waals surface area contributed by atoms with Gasteiger partial charge in [-0.1, -0.05) is 30.3 Å². The maximum Gasteiger partial charge on any atom is 0.126 e. The highest BCUT2D eigenvalue weighted by Gasteiger charge is 2.10. The van der Waals surface area contributed by atoms with E-state index in [9.17, 15) is 9.50 Å². The van der Waals surface area contributed by atoms with E-state index in [4.69, 9.17) is 0 Å². The van der Waals surface area contributed by atoms with Crippen LogP contribution >= 0.6 is 11.8 Å². The second-order valence-corrected chi connectivity index (χ2v) is 5.66. The number of aryl methyl sites for hydroxylation is 2. The van der Waals surface area contributed by atoms with E-state index in [1.54, 1.807) is 30.8 Å². The van der Waals surface area contributed by atoms with E-state index in [1.807, 2.05) is 31.2 Å². The van der Waals surface area contributed by atoms with Gasteiger partial charge in [0, 0.05) is 10.6 Å². The van der Waals surface area contributed by atoms with Gasteiger partial charge in [-0.3, -0.25) is 0 Å². The van der Waals surface area contributed by atoms with Gasteiger partial charge in [-0.25, -0.2) is 4.39 Å². The van der Waals surface area contributed by atoms with Crippen molar-refractivity contribution in [1.82, 2.24) is 0 Å². The van der Waals surface area contributed by atoms with Crippen molar-refractivity contribution < 1.29 is 9.50 Å². The van der Waals surface area contributed by atoms with Crippen molar-refractivity contribution in [3.05, 3.63) is 65.0 Å². The Morgan fingerprint density at radius 2 is 1.84 bits per heavy atom. The third kappa shape index (κ3) is 3.58. The Hall–Kier alpha value is -1.32. The first-order valence-corrected chi connectivity index (χ1v) is 7.19.